The van der Waals surface area contributed by atoms with Crippen LogP contribution in [0.2, 0.25) is 0 Å². The molecule has 1 atom stereocenters. The Morgan fingerprint density at radius 1 is 1.32 bits per heavy atom. The summed E-state index contributed by atoms with van der Waals surface area (Å²) < 4.78 is 35.7. The minimum atomic E-state index is -4.24. The van der Waals surface area contributed by atoms with Gasteiger partial charge in [0.25, 0.3) is 0 Å². The van der Waals surface area contributed by atoms with Gasteiger partial charge in [-0.15, -0.1) is 0 Å². The first-order chi connectivity index (χ1) is 8.78. The average Bonchev–Trinajstić information content (AvgIpc) is 2.27. The summed E-state index contributed by atoms with van der Waals surface area (Å²) in [6, 6.07) is 7.08. The number of nitrogen functional groups attached to an aromatic ring is 1. The standard InChI is InChI=1S/C13H17F3N2O/c1-9(10-2-4-11(17)5-3-10)8-12(19)18-7-6-13(14,15)16/h2-5,9H,6-8,17H2,1H3,(H,18,19). The molecule has 0 bridgehead atoms. The Hall–Kier alpha value is -1.72. The van der Waals surface area contributed by atoms with Crippen LogP contribution in [0.15, 0.2) is 24.3 Å². The molecule has 0 aliphatic rings. The van der Waals surface area contributed by atoms with Crippen LogP contribution in [0.4, 0.5) is 18.9 Å². The number of amides is 1. The van der Waals surface area contributed by atoms with E-state index < -0.39 is 12.6 Å². The van der Waals surface area contributed by atoms with Gasteiger partial charge in [0.15, 0.2) is 0 Å². The number of carbonyl (C=O) groups excluding carboxylic acids is 1. The van der Waals surface area contributed by atoms with Crippen molar-refractivity contribution in [2.75, 3.05) is 12.3 Å². The number of rotatable bonds is 5. The molecule has 3 N–H and O–H groups in total. The van der Waals surface area contributed by atoms with Gasteiger partial charge in [0.05, 0.1) is 6.42 Å². The van der Waals surface area contributed by atoms with Crippen LogP contribution in [0.25, 0.3) is 0 Å². The monoisotopic (exact) mass is 274 g/mol. The van der Waals surface area contributed by atoms with Gasteiger partial charge in [0, 0.05) is 18.7 Å². The molecule has 1 amide bonds. The van der Waals surface area contributed by atoms with Gasteiger partial charge in [0.2, 0.25) is 5.91 Å². The topological polar surface area (TPSA) is 55.1 Å². The molecule has 1 aromatic carbocycles. The number of carbonyl (C=O) groups is 1. The fourth-order valence-corrected chi connectivity index (χ4v) is 1.64. The molecule has 0 aromatic heterocycles. The van der Waals surface area contributed by atoms with Crippen molar-refractivity contribution in [1.82, 2.24) is 5.32 Å². The predicted molar refractivity (Wildman–Crippen MR) is 67.6 cm³/mol. The number of hydrogen-bond acceptors (Lipinski definition) is 2. The van der Waals surface area contributed by atoms with E-state index in [4.69, 9.17) is 5.73 Å². The predicted octanol–water partition coefficient (Wildman–Crippen LogP) is 2.83. The third-order valence-electron chi connectivity index (χ3n) is 2.73. The van der Waals surface area contributed by atoms with E-state index in [1.165, 1.54) is 0 Å². The van der Waals surface area contributed by atoms with Crippen LogP contribution in [0.3, 0.4) is 0 Å². The van der Waals surface area contributed by atoms with Gasteiger partial charge in [-0.2, -0.15) is 13.2 Å². The number of nitrogens with one attached hydrogen (secondary N) is 1. The van der Waals surface area contributed by atoms with Crippen LogP contribution < -0.4 is 11.1 Å². The summed E-state index contributed by atoms with van der Waals surface area (Å²) in [5.41, 5.74) is 7.11. The number of nitrogens with two attached hydrogens (primary N) is 1. The van der Waals surface area contributed by atoms with Crippen LogP contribution in [-0.2, 0) is 4.79 Å². The molecular formula is C13H17F3N2O. The van der Waals surface area contributed by atoms with Crippen LogP contribution in [0.5, 0.6) is 0 Å². The van der Waals surface area contributed by atoms with Crippen molar-refractivity contribution in [1.29, 1.82) is 0 Å². The molecule has 1 aromatic rings. The zero-order valence-corrected chi connectivity index (χ0v) is 10.6. The highest BCUT2D eigenvalue weighted by molar-refractivity contribution is 5.76. The van der Waals surface area contributed by atoms with Gasteiger partial charge in [-0.1, -0.05) is 19.1 Å². The van der Waals surface area contributed by atoms with E-state index in [0.29, 0.717) is 5.69 Å². The molecule has 0 radical (unpaired) electrons. The summed E-state index contributed by atoms with van der Waals surface area (Å²) in [6.45, 7) is 1.46. The van der Waals surface area contributed by atoms with Crippen molar-refractivity contribution in [3.63, 3.8) is 0 Å². The molecule has 3 nitrogen and oxygen atoms in total. The molecule has 0 saturated carbocycles. The molecule has 0 spiro atoms. The Morgan fingerprint density at radius 2 is 1.89 bits per heavy atom. The van der Waals surface area contributed by atoms with Crippen molar-refractivity contribution in [2.24, 2.45) is 0 Å². The lowest BCUT2D eigenvalue weighted by Gasteiger charge is -2.13. The summed E-state index contributed by atoms with van der Waals surface area (Å²) in [4.78, 5) is 11.5. The van der Waals surface area contributed by atoms with Crippen molar-refractivity contribution < 1.29 is 18.0 Å². The molecule has 0 fully saturated rings. The fraction of sp³-hybridized carbons (Fsp3) is 0.462. The number of benzene rings is 1. The lowest BCUT2D eigenvalue weighted by atomic mass is 9.97. The van der Waals surface area contributed by atoms with Crippen LogP contribution in [0, 0.1) is 0 Å². The Labute approximate surface area is 110 Å². The van der Waals surface area contributed by atoms with E-state index in [1.54, 1.807) is 12.1 Å². The van der Waals surface area contributed by atoms with E-state index in [9.17, 15) is 18.0 Å². The maximum atomic E-state index is 11.9. The van der Waals surface area contributed by atoms with Gasteiger partial charge in [-0.25, -0.2) is 0 Å². The molecule has 6 heteroatoms. The van der Waals surface area contributed by atoms with Gasteiger partial charge < -0.3 is 11.1 Å². The smallest absolute Gasteiger partial charge is 0.390 e. The number of hydrogen-bond donors (Lipinski definition) is 2. The Kier molecular flexibility index (Phi) is 5.20. The van der Waals surface area contributed by atoms with Gasteiger partial charge in [-0.3, -0.25) is 4.79 Å². The summed E-state index contributed by atoms with van der Waals surface area (Å²) in [5, 5.41) is 2.27. The van der Waals surface area contributed by atoms with Gasteiger partial charge in [0.1, 0.15) is 0 Å². The third-order valence-corrected chi connectivity index (χ3v) is 2.73. The van der Waals surface area contributed by atoms with Crippen molar-refractivity contribution in [3.05, 3.63) is 29.8 Å². The van der Waals surface area contributed by atoms with Crippen LogP contribution in [0.1, 0.15) is 31.2 Å². The van der Waals surface area contributed by atoms with E-state index in [-0.39, 0.29) is 24.8 Å². The highest BCUT2D eigenvalue weighted by atomic mass is 19.4. The van der Waals surface area contributed by atoms with E-state index >= 15 is 0 Å². The molecule has 0 aliphatic heterocycles. The normalized spacial score (nSPS) is 13.1. The first-order valence-electron chi connectivity index (χ1n) is 5.97. The first-order valence-corrected chi connectivity index (χ1v) is 5.97. The second-order valence-corrected chi connectivity index (χ2v) is 4.49. The van der Waals surface area contributed by atoms with E-state index in [0.717, 1.165) is 5.56 Å². The average molecular weight is 274 g/mol. The second-order valence-electron chi connectivity index (χ2n) is 4.49. The molecular weight excluding hydrogens is 257 g/mol. The van der Waals surface area contributed by atoms with Crippen LogP contribution >= 0.6 is 0 Å². The Balaban J connectivity index is 2.38. The molecule has 106 valence electrons. The Bertz CT molecular complexity index is 415. The minimum Gasteiger partial charge on any atom is -0.399 e. The van der Waals surface area contributed by atoms with Crippen molar-refractivity contribution in [3.8, 4) is 0 Å². The zero-order chi connectivity index (χ0) is 14.5. The molecule has 1 rings (SSSR count). The largest absolute Gasteiger partial charge is 0.399 e. The SMILES string of the molecule is CC(CC(=O)NCCC(F)(F)F)c1ccc(N)cc1. The number of anilines is 1. The number of alkyl halides is 3. The molecule has 0 aliphatic carbocycles. The number of halogens is 3. The molecule has 1 unspecified atom stereocenters. The summed E-state index contributed by atoms with van der Waals surface area (Å²) in [7, 11) is 0. The zero-order valence-electron chi connectivity index (χ0n) is 10.6. The Morgan fingerprint density at radius 3 is 2.42 bits per heavy atom. The highest BCUT2D eigenvalue weighted by Crippen LogP contribution is 2.20. The van der Waals surface area contributed by atoms with Gasteiger partial charge >= 0.3 is 6.18 Å². The summed E-state index contributed by atoms with van der Waals surface area (Å²) in [6.07, 6.45) is -5.09. The first kappa shape index (κ1) is 15.3. The summed E-state index contributed by atoms with van der Waals surface area (Å²) in [5.74, 6) is -0.444. The summed E-state index contributed by atoms with van der Waals surface area (Å²) >= 11 is 0. The highest BCUT2D eigenvalue weighted by Gasteiger charge is 2.26. The second kappa shape index (κ2) is 6.45. The van der Waals surface area contributed by atoms with Crippen molar-refractivity contribution >= 4 is 11.6 Å². The molecule has 19 heavy (non-hydrogen) atoms. The fourth-order valence-electron chi connectivity index (χ4n) is 1.64. The van der Waals surface area contributed by atoms with Crippen LogP contribution in [-0.4, -0.2) is 18.6 Å². The van der Waals surface area contributed by atoms with Crippen molar-refractivity contribution in [2.45, 2.75) is 31.9 Å². The maximum Gasteiger partial charge on any atom is 0.390 e. The maximum absolute atomic E-state index is 11.9. The molecule has 0 saturated heterocycles. The quantitative estimate of drug-likeness (QED) is 0.811. The van der Waals surface area contributed by atoms with E-state index in [1.807, 2.05) is 19.1 Å². The lowest BCUT2D eigenvalue weighted by molar-refractivity contribution is -0.135. The molecule has 0 heterocycles. The van der Waals surface area contributed by atoms with E-state index in [2.05, 4.69) is 5.32 Å². The van der Waals surface area contributed by atoms with Gasteiger partial charge in [-0.05, 0) is 23.6 Å². The lowest BCUT2D eigenvalue weighted by Crippen LogP contribution is -2.28. The minimum absolute atomic E-state index is 0.0634. The third kappa shape index (κ3) is 6.13.